The maximum absolute atomic E-state index is 12.1. The van der Waals surface area contributed by atoms with Crippen LogP contribution in [0.4, 0.5) is 0 Å². The number of nitrogens with zero attached hydrogens (tertiary/aromatic N) is 2. The van der Waals surface area contributed by atoms with E-state index in [1.807, 2.05) is 0 Å². The number of carbonyl (C=O) groups excluding carboxylic acids is 1. The molecule has 0 aromatic heterocycles. The molecule has 2 aliphatic heterocycles. The summed E-state index contributed by atoms with van der Waals surface area (Å²) < 4.78 is 0. The zero-order valence-electron chi connectivity index (χ0n) is 11.0. The number of hydrogen-bond acceptors (Lipinski definition) is 2. The van der Waals surface area contributed by atoms with Gasteiger partial charge in [-0.2, -0.15) is 0 Å². The van der Waals surface area contributed by atoms with Gasteiger partial charge in [-0.3, -0.25) is 4.79 Å². The monoisotopic (exact) mass is 224 g/mol. The first-order valence-corrected chi connectivity index (χ1v) is 6.35. The Morgan fingerprint density at radius 1 is 1.31 bits per heavy atom. The molecule has 2 fully saturated rings. The van der Waals surface area contributed by atoms with Crippen molar-refractivity contribution < 1.29 is 4.79 Å². The van der Waals surface area contributed by atoms with Crippen molar-refractivity contribution >= 4 is 5.91 Å². The zero-order chi connectivity index (χ0) is 11.9. The highest BCUT2D eigenvalue weighted by Gasteiger charge is 2.41. The Kier molecular flexibility index (Phi) is 2.99. The second-order valence-corrected chi connectivity index (χ2v) is 6.63. The molecule has 0 bridgehead atoms. The van der Waals surface area contributed by atoms with E-state index >= 15 is 0 Å². The Morgan fingerprint density at radius 3 is 2.56 bits per heavy atom. The molecular weight excluding hydrogens is 200 g/mol. The van der Waals surface area contributed by atoms with Crippen LogP contribution >= 0.6 is 0 Å². The third kappa shape index (κ3) is 2.40. The van der Waals surface area contributed by atoms with Crippen molar-refractivity contribution in [1.29, 1.82) is 0 Å². The molecule has 92 valence electrons. The van der Waals surface area contributed by atoms with Crippen LogP contribution < -0.4 is 0 Å². The van der Waals surface area contributed by atoms with Gasteiger partial charge in [0.15, 0.2) is 0 Å². The van der Waals surface area contributed by atoms with Gasteiger partial charge in [-0.25, -0.2) is 0 Å². The summed E-state index contributed by atoms with van der Waals surface area (Å²) >= 11 is 0. The van der Waals surface area contributed by atoms with Gasteiger partial charge in [-0.05, 0) is 31.3 Å². The van der Waals surface area contributed by atoms with Crippen LogP contribution in [0.1, 0.15) is 33.6 Å². The molecule has 0 aliphatic carbocycles. The Morgan fingerprint density at radius 2 is 2.00 bits per heavy atom. The lowest BCUT2D eigenvalue weighted by Crippen LogP contribution is -2.36. The van der Waals surface area contributed by atoms with E-state index in [0.717, 1.165) is 19.0 Å². The fourth-order valence-corrected chi connectivity index (χ4v) is 2.94. The molecule has 3 nitrogen and oxygen atoms in total. The molecular formula is C13H24N2O. The highest BCUT2D eigenvalue weighted by atomic mass is 16.2. The van der Waals surface area contributed by atoms with Crippen molar-refractivity contribution in [2.24, 2.45) is 11.3 Å². The molecule has 0 spiro atoms. The van der Waals surface area contributed by atoms with E-state index in [9.17, 15) is 4.79 Å². The molecule has 0 N–H and O–H groups in total. The zero-order valence-corrected chi connectivity index (χ0v) is 11.0. The summed E-state index contributed by atoms with van der Waals surface area (Å²) in [5.74, 6) is 1.07. The lowest BCUT2D eigenvalue weighted by Gasteiger charge is -2.24. The van der Waals surface area contributed by atoms with Crippen molar-refractivity contribution in [3.63, 3.8) is 0 Å². The van der Waals surface area contributed by atoms with E-state index < -0.39 is 0 Å². The standard InChI is InChI=1S/C13H24N2O/c1-13(2,3)7-12(16)15-8-10-5-6-14(4)11(10)9-15/h10-11H,5-9H2,1-4H3. The minimum atomic E-state index is 0.112. The van der Waals surface area contributed by atoms with E-state index in [4.69, 9.17) is 0 Å². The first kappa shape index (κ1) is 11.9. The fourth-order valence-electron chi connectivity index (χ4n) is 2.94. The van der Waals surface area contributed by atoms with E-state index in [2.05, 4.69) is 37.6 Å². The smallest absolute Gasteiger partial charge is 0.223 e. The van der Waals surface area contributed by atoms with Crippen LogP contribution in [-0.2, 0) is 4.79 Å². The van der Waals surface area contributed by atoms with Crippen LogP contribution in [0.2, 0.25) is 0 Å². The largest absolute Gasteiger partial charge is 0.341 e. The highest BCUT2D eigenvalue weighted by Crippen LogP contribution is 2.31. The topological polar surface area (TPSA) is 23.6 Å². The lowest BCUT2D eigenvalue weighted by atomic mass is 9.91. The van der Waals surface area contributed by atoms with Gasteiger partial charge in [0.1, 0.15) is 0 Å². The van der Waals surface area contributed by atoms with Gasteiger partial charge in [-0.15, -0.1) is 0 Å². The second-order valence-electron chi connectivity index (χ2n) is 6.63. The summed E-state index contributed by atoms with van der Waals surface area (Å²) in [4.78, 5) is 16.6. The predicted molar refractivity (Wildman–Crippen MR) is 65.2 cm³/mol. The van der Waals surface area contributed by atoms with Crippen molar-refractivity contribution in [3.05, 3.63) is 0 Å². The molecule has 0 radical (unpaired) electrons. The Hall–Kier alpha value is -0.570. The molecule has 2 aliphatic rings. The number of fused-ring (bicyclic) bond motifs is 1. The summed E-state index contributed by atoms with van der Waals surface area (Å²) in [6, 6.07) is 0.629. The molecule has 2 rings (SSSR count). The van der Waals surface area contributed by atoms with Crippen molar-refractivity contribution in [3.8, 4) is 0 Å². The Balaban J connectivity index is 1.92. The van der Waals surface area contributed by atoms with Gasteiger partial charge in [-0.1, -0.05) is 20.8 Å². The summed E-state index contributed by atoms with van der Waals surface area (Å²) in [7, 11) is 2.18. The number of likely N-dealkylation sites (N-methyl/N-ethyl adjacent to an activating group) is 1. The number of amides is 1. The van der Waals surface area contributed by atoms with Crippen LogP contribution in [0.5, 0.6) is 0 Å². The van der Waals surface area contributed by atoms with Crippen LogP contribution in [0, 0.1) is 11.3 Å². The number of rotatable bonds is 1. The first-order valence-electron chi connectivity index (χ1n) is 6.35. The van der Waals surface area contributed by atoms with Crippen LogP contribution in [0.15, 0.2) is 0 Å². The van der Waals surface area contributed by atoms with Crippen molar-refractivity contribution in [1.82, 2.24) is 9.80 Å². The lowest BCUT2D eigenvalue weighted by molar-refractivity contribution is -0.132. The molecule has 0 aromatic rings. The van der Waals surface area contributed by atoms with Crippen LogP contribution in [0.3, 0.4) is 0 Å². The fraction of sp³-hybridized carbons (Fsp3) is 0.923. The van der Waals surface area contributed by atoms with Gasteiger partial charge in [0.25, 0.3) is 0 Å². The third-order valence-corrected chi connectivity index (χ3v) is 3.86. The Labute approximate surface area is 98.8 Å². The number of carbonyl (C=O) groups is 1. The van der Waals surface area contributed by atoms with Gasteiger partial charge in [0, 0.05) is 25.6 Å². The summed E-state index contributed by atoms with van der Waals surface area (Å²) in [6.07, 6.45) is 1.94. The van der Waals surface area contributed by atoms with Gasteiger partial charge in [0.05, 0.1) is 0 Å². The molecule has 3 heteroatoms. The highest BCUT2D eigenvalue weighted by molar-refractivity contribution is 5.77. The summed E-state index contributed by atoms with van der Waals surface area (Å²) in [6.45, 7) is 9.55. The van der Waals surface area contributed by atoms with E-state index in [1.54, 1.807) is 0 Å². The predicted octanol–water partition coefficient (Wildman–Crippen LogP) is 1.59. The Bertz CT molecular complexity index is 282. The molecule has 2 unspecified atom stereocenters. The SMILES string of the molecule is CN1CCC2CN(C(=O)CC(C)(C)C)CC21. The van der Waals surface area contributed by atoms with E-state index in [1.165, 1.54) is 13.0 Å². The van der Waals surface area contributed by atoms with Crippen molar-refractivity contribution in [2.75, 3.05) is 26.7 Å². The van der Waals surface area contributed by atoms with Crippen molar-refractivity contribution in [2.45, 2.75) is 39.7 Å². The minimum absolute atomic E-state index is 0.112. The minimum Gasteiger partial charge on any atom is -0.341 e. The van der Waals surface area contributed by atoms with Gasteiger partial charge < -0.3 is 9.80 Å². The third-order valence-electron chi connectivity index (χ3n) is 3.86. The van der Waals surface area contributed by atoms with Crippen LogP contribution in [0.25, 0.3) is 0 Å². The number of hydrogen-bond donors (Lipinski definition) is 0. The maximum atomic E-state index is 12.1. The molecule has 0 saturated carbocycles. The van der Waals surface area contributed by atoms with E-state index in [-0.39, 0.29) is 5.41 Å². The molecule has 2 atom stereocenters. The second kappa shape index (κ2) is 4.02. The van der Waals surface area contributed by atoms with E-state index in [0.29, 0.717) is 18.4 Å². The summed E-state index contributed by atoms with van der Waals surface area (Å²) in [5, 5.41) is 0. The quantitative estimate of drug-likeness (QED) is 0.675. The average molecular weight is 224 g/mol. The molecule has 16 heavy (non-hydrogen) atoms. The maximum Gasteiger partial charge on any atom is 0.223 e. The molecule has 2 saturated heterocycles. The van der Waals surface area contributed by atoms with Crippen LogP contribution in [-0.4, -0.2) is 48.4 Å². The van der Waals surface area contributed by atoms with Gasteiger partial charge >= 0.3 is 0 Å². The first-order chi connectivity index (χ1) is 7.37. The average Bonchev–Trinajstić information content (AvgIpc) is 2.65. The number of likely N-dealkylation sites (tertiary alicyclic amines) is 2. The molecule has 2 heterocycles. The van der Waals surface area contributed by atoms with Gasteiger partial charge in [0.2, 0.25) is 5.91 Å². The molecule has 1 amide bonds. The normalized spacial score (nSPS) is 30.9. The molecule has 0 aromatic carbocycles. The summed E-state index contributed by atoms with van der Waals surface area (Å²) in [5.41, 5.74) is 0.112.